The standard InChI is InChI=1S/C12H20N4O/c1-8-9(2)14-11(15-10(8)16-13)12(17-3)6-4-5-7-12/h4-7,13H2,1-3H3,(H,14,15,16). The van der Waals surface area contributed by atoms with Gasteiger partial charge in [0.25, 0.3) is 0 Å². The molecule has 0 bridgehead atoms. The van der Waals surface area contributed by atoms with Gasteiger partial charge < -0.3 is 10.2 Å². The van der Waals surface area contributed by atoms with Crippen molar-refractivity contribution in [3.05, 3.63) is 17.1 Å². The lowest BCUT2D eigenvalue weighted by Gasteiger charge is -2.26. The molecule has 0 aliphatic heterocycles. The summed E-state index contributed by atoms with van der Waals surface area (Å²) in [4.78, 5) is 9.08. The van der Waals surface area contributed by atoms with E-state index in [1.807, 2.05) is 13.8 Å². The van der Waals surface area contributed by atoms with Crippen LogP contribution in [-0.2, 0) is 10.3 Å². The van der Waals surface area contributed by atoms with Crippen LogP contribution in [0.25, 0.3) is 0 Å². The van der Waals surface area contributed by atoms with Crippen LogP contribution in [0.5, 0.6) is 0 Å². The first kappa shape index (κ1) is 12.3. The number of nitrogens with one attached hydrogen (secondary N) is 1. The Hall–Kier alpha value is -1.20. The van der Waals surface area contributed by atoms with Gasteiger partial charge >= 0.3 is 0 Å². The van der Waals surface area contributed by atoms with Crippen molar-refractivity contribution in [3.63, 3.8) is 0 Å². The zero-order valence-electron chi connectivity index (χ0n) is 10.7. The van der Waals surface area contributed by atoms with Crippen molar-refractivity contribution in [2.45, 2.75) is 45.1 Å². The minimum absolute atomic E-state index is 0.315. The molecule has 1 aromatic rings. The average molecular weight is 236 g/mol. The molecule has 0 spiro atoms. The smallest absolute Gasteiger partial charge is 0.162 e. The lowest BCUT2D eigenvalue weighted by atomic mass is 10.0. The quantitative estimate of drug-likeness (QED) is 0.618. The molecule has 1 aliphatic carbocycles. The molecule has 1 saturated carbocycles. The Kier molecular flexibility index (Phi) is 3.31. The molecule has 0 saturated heterocycles. The maximum atomic E-state index is 5.69. The summed E-state index contributed by atoms with van der Waals surface area (Å²) in [5.41, 5.74) is 4.26. The van der Waals surface area contributed by atoms with Gasteiger partial charge in [0.1, 0.15) is 11.4 Å². The summed E-state index contributed by atoms with van der Waals surface area (Å²) in [5, 5.41) is 0. The van der Waals surface area contributed by atoms with E-state index in [1.165, 1.54) is 0 Å². The first-order valence-corrected chi connectivity index (χ1v) is 6.00. The van der Waals surface area contributed by atoms with Crippen LogP contribution in [0.1, 0.15) is 42.8 Å². The summed E-state index contributed by atoms with van der Waals surface area (Å²) in [6, 6.07) is 0. The van der Waals surface area contributed by atoms with E-state index in [2.05, 4.69) is 15.4 Å². The van der Waals surface area contributed by atoms with E-state index in [4.69, 9.17) is 10.6 Å². The fraction of sp³-hybridized carbons (Fsp3) is 0.667. The third-order valence-corrected chi connectivity index (χ3v) is 3.74. The summed E-state index contributed by atoms with van der Waals surface area (Å²) in [5.74, 6) is 6.94. The summed E-state index contributed by atoms with van der Waals surface area (Å²) in [6.45, 7) is 3.93. The first-order chi connectivity index (χ1) is 8.13. The van der Waals surface area contributed by atoms with Gasteiger partial charge in [-0.2, -0.15) is 0 Å². The molecule has 1 fully saturated rings. The number of aryl methyl sites for hydroxylation is 1. The molecule has 2 rings (SSSR count). The van der Waals surface area contributed by atoms with Crippen molar-refractivity contribution < 1.29 is 4.74 Å². The number of nitrogens with two attached hydrogens (primary N) is 1. The number of hydrazine groups is 1. The Balaban J connectivity index is 2.48. The molecule has 0 amide bonds. The molecular weight excluding hydrogens is 216 g/mol. The normalized spacial score (nSPS) is 18.4. The van der Waals surface area contributed by atoms with Crippen LogP contribution in [0.4, 0.5) is 5.82 Å². The van der Waals surface area contributed by atoms with Crippen LogP contribution in [-0.4, -0.2) is 17.1 Å². The summed E-state index contributed by atoms with van der Waals surface area (Å²) < 4.78 is 5.69. The van der Waals surface area contributed by atoms with Gasteiger partial charge in [-0.25, -0.2) is 15.8 Å². The number of methoxy groups -OCH3 is 1. The van der Waals surface area contributed by atoms with Gasteiger partial charge in [0.15, 0.2) is 5.82 Å². The molecule has 5 heteroatoms. The van der Waals surface area contributed by atoms with Crippen molar-refractivity contribution in [2.75, 3.05) is 12.5 Å². The second-order valence-corrected chi connectivity index (χ2v) is 4.66. The van der Waals surface area contributed by atoms with Crippen molar-refractivity contribution in [1.29, 1.82) is 0 Å². The third kappa shape index (κ3) is 2.00. The molecule has 0 atom stereocenters. The van der Waals surface area contributed by atoms with Crippen LogP contribution in [0.15, 0.2) is 0 Å². The first-order valence-electron chi connectivity index (χ1n) is 6.00. The van der Waals surface area contributed by atoms with E-state index in [0.717, 1.165) is 42.8 Å². The highest BCUT2D eigenvalue weighted by molar-refractivity contribution is 5.44. The fourth-order valence-electron chi connectivity index (χ4n) is 2.44. The molecule has 5 nitrogen and oxygen atoms in total. The number of anilines is 1. The highest BCUT2D eigenvalue weighted by Gasteiger charge is 2.39. The monoisotopic (exact) mass is 236 g/mol. The second kappa shape index (κ2) is 4.58. The third-order valence-electron chi connectivity index (χ3n) is 3.74. The maximum absolute atomic E-state index is 5.69. The van der Waals surface area contributed by atoms with Gasteiger partial charge in [-0.05, 0) is 39.5 Å². The van der Waals surface area contributed by atoms with Crippen molar-refractivity contribution in [2.24, 2.45) is 5.84 Å². The maximum Gasteiger partial charge on any atom is 0.162 e. The van der Waals surface area contributed by atoms with Crippen LogP contribution in [0.2, 0.25) is 0 Å². The zero-order chi connectivity index (χ0) is 12.5. The Morgan fingerprint density at radius 3 is 2.41 bits per heavy atom. The number of hydrogen-bond donors (Lipinski definition) is 2. The van der Waals surface area contributed by atoms with E-state index in [9.17, 15) is 0 Å². The van der Waals surface area contributed by atoms with E-state index in [-0.39, 0.29) is 5.60 Å². The Bertz CT molecular complexity index is 413. The minimum Gasteiger partial charge on any atom is -0.370 e. The molecule has 0 unspecified atom stereocenters. The Labute approximate surface area is 102 Å². The molecular formula is C12H20N4O. The van der Waals surface area contributed by atoms with E-state index in [0.29, 0.717) is 5.82 Å². The SMILES string of the molecule is COC1(c2nc(C)c(C)c(NN)n2)CCCC1. The molecule has 94 valence electrons. The van der Waals surface area contributed by atoms with E-state index in [1.54, 1.807) is 7.11 Å². The Morgan fingerprint density at radius 2 is 1.88 bits per heavy atom. The van der Waals surface area contributed by atoms with Gasteiger partial charge in [-0.15, -0.1) is 0 Å². The molecule has 0 radical (unpaired) electrons. The van der Waals surface area contributed by atoms with Crippen molar-refractivity contribution in [1.82, 2.24) is 9.97 Å². The highest BCUT2D eigenvalue weighted by atomic mass is 16.5. The van der Waals surface area contributed by atoms with Crippen molar-refractivity contribution in [3.8, 4) is 0 Å². The predicted molar refractivity (Wildman–Crippen MR) is 66.5 cm³/mol. The highest BCUT2D eigenvalue weighted by Crippen LogP contribution is 2.40. The average Bonchev–Trinajstić information content (AvgIpc) is 2.82. The number of ether oxygens (including phenoxy) is 1. The molecule has 1 aliphatic rings. The Morgan fingerprint density at radius 1 is 1.24 bits per heavy atom. The summed E-state index contributed by atoms with van der Waals surface area (Å²) in [6.07, 6.45) is 4.29. The second-order valence-electron chi connectivity index (χ2n) is 4.66. The van der Waals surface area contributed by atoms with Gasteiger partial charge in [0.2, 0.25) is 0 Å². The molecule has 17 heavy (non-hydrogen) atoms. The topological polar surface area (TPSA) is 73.1 Å². The number of nitrogen functional groups attached to an aromatic ring is 1. The largest absolute Gasteiger partial charge is 0.370 e. The van der Waals surface area contributed by atoms with Gasteiger partial charge in [0, 0.05) is 18.4 Å². The lowest BCUT2D eigenvalue weighted by Crippen LogP contribution is -2.29. The number of rotatable bonds is 3. The van der Waals surface area contributed by atoms with E-state index < -0.39 is 0 Å². The van der Waals surface area contributed by atoms with Crippen LogP contribution in [0, 0.1) is 13.8 Å². The molecule has 1 heterocycles. The number of hydrogen-bond acceptors (Lipinski definition) is 5. The zero-order valence-corrected chi connectivity index (χ0v) is 10.7. The minimum atomic E-state index is -0.315. The number of aromatic nitrogens is 2. The van der Waals surface area contributed by atoms with Crippen LogP contribution < -0.4 is 11.3 Å². The predicted octanol–water partition coefficient (Wildman–Crippen LogP) is 1.79. The van der Waals surface area contributed by atoms with Crippen LogP contribution in [0.3, 0.4) is 0 Å². The van der Waals surface area contributed by atoms with E-state index >= 15 is 0 Å². The fourth-order valence-corrected chi connectivity index (χ4v) is 2.44. The van der Waals surface area contributed by atoms with Gasteiger partial charge in [0.05, 0.1) is 0 Å². The molecule has 0 aromatic carbocycles. The summed E-state index contributed by atoms with van der Waals surface area (Å²) in [7, 11) is 1.74. The van der Waals surface area contributed by atoms with Crippen molar-refractivity contribution >= 4 is 5.82 Å². The lowest BCUT2D eigenvalue weighted by molar-refractivity contribution is -0.0163. The van der Waals surface area contributed by atoms with Crippen LogP contribution >= 0.6 is 0 Å². The molecule has 3 N–H and O–H groups in total. The van der Waals surface area contributed by atoms with Gasteiger partial charge in [-0.1, -0.05) is 0 Å². The number of nitrogens with zero attached hydrogens (tertiary/aromatic N) is 2. The van der Waals surface area contributed by atoms with Gasteiger partial charge in [-0.3, -0.25) is 0 Å². The summed E-state index contributed by atoms with van der Waals surface area (Å²) >= 11 is 0. The molecule has 1 aromatic heterocycles.